The van der Waals surface area contributed by atoms with Crippen molar-refractivity contribution in [2.24, 2.45) is 0 Å². The van der Waals surface area contributed by atoms with Crippen LogP contribution in [0.5, 0.6) is 0 Å². The summed E-state index contributed by atoms with van der Waals surface area (Å²) < 4.78 is 6.88. The lowest BCUT2D eigenvalue weighted by molar-refractivity contribution is 0.514. The Labute approximate surface area is 99.1 Å². The van der Waals surface area contributed by atoms with E-state index < -0.39 is 16.2 Å². The highest BCUT2D eigenvalue weighted by molar-refractivity contribution is 7.32. The van der Waals surface area contributed by atoms with Gasteiger partial charge in [0.2, 0.25) is 0 Å². The monoisotopic (exact) mass is 259 g/mol. The lowest BCUT2D eigenvalue weighted by Crippen LogP contribution is -2.71. The van der Waals surface area contributed by atoms with Gasteiger partial charge in [0.25, 0.3) is 0 Å². The molecule has 1 fully saturated rings. The molecule has 1 aliphatic heterocycles. The SMILES string of the molecule is C[Si](C)[Si](C)(C)N[Si](C)(C)N1CCCC1. The van der Waals surface area contributed by atoms with E-state index in [2.05, 4.69) is 48.5 Å². The molecule has 5 heteroatoms. The quantitative estimate of drug-likeness (QED) is 0.780. The number of hydrogen-bond donors (Lipinski definition) is 1. The third kappa shape index (κ3) is 3.52. The predicted octanol–water partition coefficient (Wildman–Crippen LogP) is 2.41. The fraction of sp³-hybridized carbons (Fsp3) is 1.00. The van der Waals surface area contributed by atoms with Crippen molar-refractivity contribution in [2.75, 3.05) is 13.1 Å². The van der Waals surface area contributed by atoms with Crippen molar-refractivity contribution < 1.29 is 0 Å². The molecular weight excluding hydrogens is 232 g/mol. The van der Waals surface area contributed by atoms with Gasteiger partial charge in [-0.2, -0.15) is 0 Å². The lowest BCUT2D eigenvalue weighted by Gasteiger charge is -2.41. The molecule has 1 aliphatic rings. The molecule has 2 nitrogen and oxygen atoms in total. The van der Waals surface area contributed by atoms with Crippen LogP contribution in [-0.4, -0.2) is 42.1 Å². The third-order valence-corrected chi connectivity index (χ3v) is 21.9. The molecule has 1 N–H and O–H groups in total. The zero-order valence-electron chi connectivity index (χ0n) is 11.3. The Kier molecular flexibility index (Phi) is 4.39. The highest BCUT2D eigenvalue weighted by Gasteiger charge is 2.38. The van der Waals surface area contributed by atoms with Crippen LogP contribution in [-0.2, 0) is 0 Å². The summed E-state index contributed by atoms with van der Waals surface area (Å²) in [6.45, 7) is 17.7. The molecular formula is C10H27N2Si3. The van der Waals surface area contributed by atoms with Gasteiger partial charge in [-0.1, -0.05) is 26.2 Å². The van der Waals surface area contributed by atoms with Crippen LogP contribution < -0.4 is 4.65 Å². The van der Waals surface area contributed by atoms with E-state index in [1.165, 1.54) is 25.9 Å². The summed E-state index contributed by atoms with van der Waals surface area (Å²) in [5.74, 6) is 0. The largest absolute Gasteiger partial charge is 0.350 e. The first-order valence-corrected chi connectivity index (χ1v) is 15.6. The van der Waals surface area contributed by atoms with E-state index in [-0.39, 0.29) is 8.31 Å². The van der Waals surface area contributed by atoms with E-state index in [0.29, 0.717) is 0 Å². The molecule has 0 aromatic carbocycles. The summed E-state index contributed by atoms with van der Waals surface area (Å²) in [6.07, 6.45) is 2.83. The molecule has 0 aliphatic carbocycles. The molecule has 0 aromatic heterocycles. The van der Waals surface area contributed by atoms with E-state index in [4.69, 9.17) is 0 Å². The molecule has 0 amide bonds. The zero-order valence-corrected chi connectivity index (χ0v) is 14.3. The van der Waals surface area contributed by atoms with Gasteiger partial charge in [0.05, 0.1) is 8.31 Å². The fourth-order valence-corrected chi connectivity index (χ4v) is 16.4. The second kappa shape index (κ2) is 4.83. The Morgan fingerprint density at radius 1 is 1.00 bits per heavy atom. The highest BCUT2D eigenvalue weighted by atomic mass is 29.2. The summed E-state index contributed by atoms with van der Waals surface area (Å²) in [5.41, 5.74) is 0. The van der Waals surface area contributed by atoms with Crippen LogP contribution in [0.25, 0.3) is 0 Å². The molecule has 0 unspecified atom stereocenters. The maximum atomic E-state index is 4.12. The van der Waals surface area contributed by atoms with Gasteiger partial charge in [0, 0.05) is 0 Å². The van der Waals surface area contributed by atoms with Crippen LogP contribution in [0.3, 0.4) is 0 Å². The molecule has 15 heavy (non-hydrogen) atoms. The van der Waals surface area contributed by atoms with Gasteiger partial charge in [-0.25, -0.2) is 0 Å². The van der Waals surface area contributed by atoms with Crippen molar-refractivity contribution in [3.8, 4) is 0 Å². The van der Waals surface area contributed by atoms with Gasteiger partial charge in [0.1, 0.15) is 7.75 Å². The first kappa shape index (κ1) is 13.6. The number of nitrogens with zero attached hydrogens (tertiary/aromatic N) is 1. The molecule has 1 heterocycles. The van der Waals surface area contributed by atoms with Crippen molar-refractivity contribution in [2.45, 2.75) is 52.1 Å². The molecule has 1 radical (unpaired) electrons. The summed E-state index contributed by atoms with van der Waals surface area (Å²) in [4.78, 5) is 0. The number of hydrogen-bond acceptors (Lipinski definition) is 2. The van der Waals surface area contributed by atoms with Gasteiger partial charge in [-0.05, 0) is 39.0 Å². The van der Waals surface area contributed by atoms with Crippen molar-refractivity contribution >= 4 is 24.5 Å². The van der Waals surface area contributed by atoms with Gasteiger partial charge in [-0.15, -0.1) is 0 Å². The van der Waals surface area contributed by atoms with Crippen molar-refractivity contribution in [1.29, 1.82) is 0 Å². The average Bonchev–Trinajstić information content (AvgIpc) is 2.53. The minimum Gasteiger partial charge on any atom is -0.350 e. The molecule has 0 bridgehead atoms. The Bertz CT molecular complexity index is 211. The van der Waals surface area contributed by atoms with Crippen LogP contribution in [0.15, 0.2) is 0 Å². The second-order valence-electron chi connectivity index (χ2n) is 6.00. The van der Waals surface area contributed by atoms with Crippen LogP contribution in [0.2, 0.25) is 39.3 Å². The second-order valence-corrected chi connectivity index (χ2v) is 22.8. The molecule has 1 saturated heterocycles. The minimum atomic E-state index is -1.30. The van der Waals surface area contributed by atoms with E-state index in [0.717, 1.165) is 0 Å². The summed E-state index contributed by atoms with van der Waals surface area (Å²) >= 11 is 0. The minimum absolute atomic E-state index is 0.137. The van der Waals surface area contributed by atoms with Gasteiger partial charge in [0.15, 0.2) is 8.40 Å². The van der Waals surface area contributed by atoms with Crippen LogP contribution in [0.1, 0.15) is 12.8 Å². The maximum absolute atomic E-state index is 4.12. The maximum Gasteiger partial charge on any atom is 0.190 e. The van der Waals surface area contributed by atoms with Crippen LogP contribution in [0, 0.1) is 0 Å². The highest BCUT2D eigenvalue weighted by Crippen LogP contribution is 2.18. The third-order valence-electron chi connectivity index (χ3n) is 3.77. The molecule has 0 spiro atoms. The van der Waals surface area contributed by atoms with E-state index in [1.54, 1.807) is 0 Å². The topological polar surface area (TPSA) is 15.3 Å². The van der Waals surface area contributed by atoms with Gasteiger partial charge >= 0.3 is 0 Å². The van der Waals surface area contributed by atoms with Gasteiger partial charge < -0.3 is 9.21 Å². The van der Waals surface area contributed by atoms with Crippen LogP contribution >= 0.6 is 0 Å². The fourth-order valence-electron chi connectivity index (χ4n) is 2.24. The Hall–Kier alpha value is 0.571. The molecule has 0 aromatic rings. The predicted molar refractivity (Wildman–Crippen MR) is 76.4 cm³/mol. The Morgan fingerprint density at radius 2 is 1.47 bits per heavy atom. The standard InChI is InChI=1S/C10H27N2Si3/c1-13(2)15(5,6)11-14(3,4)12-9-7-8-10-12/h11H,7-10H2,1-6H3. The van der Waals surface area contributed by atoms with E-state index in [9.17, 15) is 0 Å². The Balaban J connectivity index is 2.62. The van der Waals surface area contributed by atoms with Gasteiger partial charge in [-0.3, -0.25) is 0 Å². The molecule has 0 atom stereocenters. The van der Waals surface area contributed by atoms with Crippen molar-refractivity contribution in [1.82, 2.24) is 9.21 Å². The first-order chi connectivity index (χ1) is 6.76. The molecule has 89 valence electrons. The Morgan fingerprint density at radius 3 is 1.87 bits per heavy atom. The average molecular weight is 260 g/mol. The summed E-state index contributed by atoms with van der Waals surface area (Å²) in [5, 5.41) is 0. The number of rotatable bonds is 4. The first-order valence-electron chi connectivity index (χ1n) is 6.11. The van der Waals surface area contributed by atoms with Crippen molar-refractivity contribution in [3.63, 3.8) is 0 Å². The van der Waals surface area contributed by atoms with Crippen LogP contribution in [0.4, 0.5) is 0 Å². The summed E-state index contributed by atoms with van der Waals surface area (Å²) in [7, 11) is -2.55. The van der Waals surface area contributed by atoms with E-state index in [1.807, 2.05) is 0 Å². The smallest absolute Gasteiger partial charge is 0.190 e. The lowest BCUT2D eigenvalue weighted by atomic mass is 10.4. The zero-order chi connectivity index (χ0) is 11.7. The molecule has 0 saturated carbocycles. The normalized spacial score (nSPS) is 20.2. The van der Waals surface area contributed by atoms with E-state index >= 15 is 0 Å². The van der Waals surface area contributed by atoms with Crippen molar-refractivity contribution in [3.05, 3.63) is 0 Å². The summed E-state index contributed by atoms with van der Waals surface area (Å²) in [6, 6.07) is 0. The molecule has 1 rings (SSSR count). The number of nitrogens with one attached hydrogen (secondary N) is 1.